The molecule has 0 aliphatic heterocycles. The molecule has 0 aliphatic carbocycles. The SMILES string of the molecule is CS(=O)(=O)c1ccccc1S(=O)(=O)NOCc1ccccn1. The number of nitrogens with one attached hydrogen (secondary N) is 1. The van der Waals surface area contributed by atoms with E-state index in [2.05, 4.69) is 4.98 Å². The van der Waals surface area contributed by atoms with E-state index in [1.165, 1.54) is 24.3 Å². The van der Waals surface area contributed by atoms with Gasteiger partial charge in [0.1, 0.15) is 11.5 Å². The number of nitrogens with zero attached hydrogens (tertiary/aromatic N) is 1. The molecule has 118 valence electrons. The third-order valence-electron chi connectivity index (χ3n) is 2.65. The molecule has 1 aromatic heterocycles. The van der Waals surface area contributed by atoms with E-state index in [9.17, 15) is 16.8 Å². The number of hydrogen-bond acceptors (Lipinski definition) is 6. The zero-order valence-corrected chi connectivity index (χ0v) is 13.3. The molecule has 1 heterocycles. The van der Waals surface area contributed by atoms with Gasteiger partial charge in [0.25, 0.3) is 10.0 Å². The molecule has 1 N–H and O–H groups in total. The van der Waals surface area contributed by atoms with E-state index >= 15 is 0 Å². The molecule has 7 nitrogen and oxygen atoms in total. The first kappa shape index (κ1) is 16.6. The molecule has 0 unspecified atom stereocenters. The highest BCUT2D eigenvalue weighted by Crippen LogP contribution is 2.20. The van der Waals surface area contributed by atoms with Gasteiger partial charge in [-0.1, -0.05) is 23.1 Å². The van der Waals surface area contributed by atoms with Crippen LogP contribution in [0.5, 0.6) is 0 Å². The summed E-state index contributed by atoms with van der Waals surface area (Å²) in [5, 5.41) is 0. The average Bonchev–Trinajstić information content (AvgIpc) is 2.47. The summed E-state index contributed by atoms with van der Waals surface area (Å²) in [6.07, 6.45) is 2.49. The van der Waals surface area contributed by atoms with E-state index in [-0.39, 0.29) is 16.4 Å². The van der Waals surface area contributed by atoms with Gasteiger partial charge in [-0.2, -0.15) is 0 Å². The number of hydrogen-bond donors (Lipinski definition) is 1. The average molecular weight is 342 g/mol. The van der Waals surface area contributed by atoms with Gasteiger partial charge in [0, 0.05) is 12.5 Å². The summed E-state index contributed by atoms with van der Waals surface area (Å²) in [6.45, 7) is -0.0822. The van der Waals surface area contributed by atoms with Gasteiger partial charge < -0.3 is 0 Å². The highest BCUT2D eigenvalue weighted by molar-refractivity contribution is 7.93. The lowest BCUT2D eigenvalue weighted by Gasteiger charge is -2.10. The van der Waals surface area contributed by atoms with E-state index < -0.39 is 19.9 Å². The fourth-order valence-electron chi connectivity index (χ4n) is 1.69. The van der Waals surface area contributed by atoms with Gasteiger partial charge in [-0.15, -0.1) is 0 Å². The first-order chi connectivity index (χ1) is 10.3. The Morgan fingerprint density at radius 2 is 1.64 bits per heavy atom. The van der Waals surface area contributed by atoms with Crippen LogP contribution in [0.2, 0.25) is 0 Å². The van der Waals surface area contributed by atoms with Gasteiger partial charge in [0.15, 0.2) is 9.84 Å². The molecule has 0 bridgehead atoms. The molecule has 0 fully saturated rings. The highest BCUT2D eigenvalue weighted by atomic mass is 32.2. The van der Waals surface area contributed by atoms with Crippen LogP contribution in [0.1, 0.15) is 5.69 Å². The summed E-state index contributed by atoms with van der Waals surface area (Å²) >= 11 is 0. The molecule has 0 saturated heterocycles. The van der Waals surface area contributed by atoms with Crippen molar-refractivity contribution in [1.29, 1.82) is 0 Å². The van der Waals surface area contributed by atoms with Gasteiger partial charge >= 0.3 is 0 Å². The Labute approximate surface area is 128 Å². The van der Waals surface area contributed by atoms with Gasteiger partial charge in [-0.05, 0) is 24.3 Å². The maximum atomic E-state index is 12.2. The first-order valence-electron chi connectivity index (χ1n) is 6.13. The van der Waals surface area contributed by atoms with Crippen molar-refractivity contribution in [2.45, 2.75) is 16.4 Å². The Hall–Kier alpha value is -1.81. The smallest absolute Gasteiger partial charge is 0.263 e. The van der Waals surface area contributed by atoms with Crippen molar-refractivity contribution >= 4 is 19.9 Å². The monoisotopic (exact) mass is 342 g/mol. The molecular formula is C13H14N2O5S2. The van der Waals surface area contributed by atoms with Crippen molar-refractivity contribution in [3.8, 4) is 0 Å². The zero-order chi connectivity index (χ0) is 16.2. The third kappa shape index (κ3) is 4.10. The molecule has 22 heavy (non-hydrogen) atoms. The second-order valence-electron chi connectivity index (χ2n) is 4.42. The van der Waals surface area contributed by atoms with Gasteiger partial charge in [0.2, 0.25) is 0 Å². The minimum absolute atomic E-state index is 0.0822. The van der Waals surface area contributed by atoms with Crippen molar-refractivity contribution < 1.29 is 21.7 Å². The Kier molecular flexibility index (Phi) is 4.91. The molecule has 0 aliphatic rings. The maximum absolute atomic E-state index is 12.2. The predicted molar refractivity (Wildman–Crippen MR) is 78.9 cm³/mol. The summed E-state index contributed by atoms with van der Waals surface area (Å²) in [4.78, 5) is 10.1. The molecule has 1 aromatic carbocycles. The van der Waals surface area contributed by atoms with Crippen LogP contribution in [0.15, 0.2) is 58.5 Å². The number of aromatic nitrogens is 1. The summed E-state index contributed by atoms with van der Waals surface area (Å²) in [5.41, 5.74) is 0.529. The molecule has 2 aromatic rings. The van der Waals surface area contributed by atoms with Gasteiger partial charge in [-0.25, -0.2) is 16.8 Å². The highest BCUT2D eigenvalue weighted by Gasteiger charge is 2.23. The van der Waals surface area contributed by atoms with Crippen LogP contribution in [-0.4, -0.2) is 28.1 Å². The largest absolute Gasteiger partial charge is 0.280 e. The molecule has 2 rings (SSSR count). The normalized spacial score (nSPS) is 12.2. The summed E-state index contributed by atoms with van der Waals surface area (Å²) in [7, 11) is -7.80. The number of benzene rings is 1. The lowest BCUT2D eigenvalue weighted by molar-refractivity contribution is 0.0771. The van der Waals surface area contributed by atoms with E-state index in [1.807, 2.05) is 4.89 Å². The molecule has 0 saturated carbocycles. The molecule has 0 radical (unpaired) electrons. The van der Waals surface area contributed by atoms with Crippen LogP contribution < -0.4 is 4.89 Å². The second kappa shape index (κ2) is 6.53. The van der Waals surface area contributed by atoms with Gasteiger partial charge in [-0.3, -0.25) is 9.82 Å². The fourth-order valence-corrected chi connectivity index (χ4v) is 4.12. The third-order valence-corrected chi connectivity index (χ3v) is 5.21. The second-order valence-corrected chi connectivity index (χ2v) is 8.01. The van der Waals surface area contributed by atoms with E-state index in [4.69, 9.17) is 4.84 Å². The number of rotatable bonds is 6. The maximum Gasteiger partial charge on any atom is 0.263 e. The van der Waals surface area contributed by atoms with Crippen LogP contribution in [0.3, 0.4) is 0 Å². The van der Waals surface area contributed by atoms with Crippen molar-refractivity contribution in [2.75, 3.05) is 6.26 Å². The minimum atomic E-state index is -4.12. The fraction of sp³-hybridized carbons (Fsp3) is 0.154. The first-order valence-corrected chi connectivity index (χ1v) is 9.51. The van der Waals surface area contributed by atoms with Crippen molar-refractivity contribution in [3.63, 3.8) is 0 Å². The van der Waals surface area contributed by atoms with Crippen molar-refractivity contribution in [2.24, 2.45) is 0 Å². The van der Waals surface area contributed by atoms with Crippen molar-refractivity contribution in [1.82, 2.24) is 9.87 Å². The van der Waals surface area contributed by atoms with Gasteiger partial charge in [0.05, 0.1) is 10.6 Å². The Bertz CT molecular complexity index is 849. The van der Waals surface area contributed by atoms with E-state index in [1.54, 1.807) is 24.4 Å². The zero-order valence-electron chi connectivity index (χ0n) is 11.6. The summed E-state index contributed by atoms with van der Waals surface area (Å²) < 4.78 is 47.6. The molecule has 0 amide bonds. The topological polar surface area (TPSA) is 102 Å². The lowest BCUT2D eigenvalue weighted by Crippen LogP contribution is -2.25. The van der Waals surface area contributed by atoms with Crippen LogP contribution in [0.25, 0.3) is 0 Å². The van der Waals surface area contributed by atoms with Crippen LogP contribution >= 0.6 is 0 Å². The number of sulfonamides is 1. The van der Waals surface area contributed by atoms with Crippen LogP contribution in [0.4, 0.5) is 0 Å². The summed E-state index contributed by atoms with van der Waals surface area (Å²) in [5.74, 6) is 0. The minimum Gasteiger partial charge on any atom is -0.280 e. The number of sulfone groups is 1. The Balaban J connectivity index is 2.18. The van der Waals surface area contributed by atoms with E-state index in [0.29, 0.717) is 5.69 Å². The quantitative estimate of drug-likeness (QED) is 0.782. The lowest BCUT2D eigenvalue weighted by atomic mass is 10.4. The molecular weight excluding hydrogens is 328 g/mol. The molecule has 0 atom stereocenters. The summed E-state index contributed by atoms with van der Waals surface area (Å²) in [6, 6.07) is 10.4. The molecule has 0 spiro atoms. The predicted octanol–water partition coefficient (Wildman–Crippen LogP) is 0.895. The molecule has 9 heteroatoms. The number of pyridine rings is 1. The van der Waals surface area contributed by atoms with E-state index in [0.717, 1.165) is 6.26 Å². The Morgan fingerprint density at radius 3 is 2.23 bits per heavy atom. The van der Waals surface area contributed by atoms with Crippen LogP contribution in [-0.2, 0) is 31.3 Å². The standard InChI is InChI=1S/C13H14N2O5S2/c1-21(16,17)12-7-2-3-8-13(12)22(18,19)15-20-10-11-6-4-5-9-14-11/h2-9,15H,10H2,1H3. The Morgan fingerprint density at radius 1 is 1.00 bits per heavy atom. The van der Waals surface area contributed by atoms with Crippen LogP contribution in [0, 0.1) is 0 Å². The van der Waals surface area contributed by atoms with Crippen molar-refractivity contribution in [3.05, 3.63) is 54.4 Å².